The molecule has 2 radical (unpaired) electrons. The van der Waals surface area contributed by atoms with Crippen LogP contribution >= 0.6 is 0 Å². The number of carbonyl (C=O) groups excluding carboxylic acids is 1. The van der Waals surface area contributed by atoms with Crippen molar-refractivity contribution in [2.75, 3.05) is 6.54 Å². The van der Waals surface area contributed by atoms with Crippen LogP contribution < -0.4 is 4.74 Å². The fraction of sp³-hybridized carbons (Fsp3) is 0.250. The number of hydrogen-bond donors (Lipinski definition) is 0. The molecule has 1 aliphatic heterocycles. The second-order valence-electron chi connectivity index (χ2n) is 6.57. The molecule has 0 N–H and O–H groups in total. The van der Waals surface area contributed by atoms with E-state index in [9.17, 15) is 4.79 Å². The maximum absolute atomic E-state index is 11.1. The van der Waals surface area contributed by atoms with Crippen LogP contribution in [-0.4, -0.2) is 47.7 Å². The fourth-order valence-corrected chi connectivity index (χ4v) is 3.27. The van der Waals surface area contributed by atoms with Gasteiger partial charge in [0.1, 0.15) is 18.1 Å². The standard InChI is InChI=1S/C20H18BN3O2/c1-13-7-8-17-19(26-16-9-15(12-25)24(21)11-16)10-18(23-20(17)22-13)14-5-3-2-4-6-14/h2-8,10,12,15-16H,9,11H2,1H3/t15-,16+/m0/s1. The molecule has 6 heteroatoms. The van der Waals surface area contributed by atoms with Gasteiger partial charge in [-0.2, -0.15) is 0 Å². The summed E-state index contributed by atoms with van der Waals surface area (Å²) in [6.07, 6.45) is 1.30. The lowest BCUT2D eigenvalue weighted by atomic mass is 10.1. The highest BCUT2D eigenvalue weighted by atomic mass is 16.5. The Morgan fingerprint density at radius 1 is 1.19 bits per heavy atom. The van der Waals surface area contributed by atoms with Crippen molar-refractivity contribution in [2.45, 2.75) is 25.5 Å². The zero-order valence-corrected chi connectivity index (χ0v) is 14.5. The quantitative estimate of drug-likeness (QED) is 0.539. The third kappa shape index (κ3) is 3.20. The topological polar surface area (TPSA) is 55.3 Å². The van der Waals surface area contributed by atoms with Crippen molar-refractivity contribution in [3.63, 3.8) is 0 Å². The summed E-state index contributed by atoms with van der Waals surface area (Å²) in [5.41, 5.74) is 3.35. The summed E-state index contributed by atoms with van der Waals surface area (Å²) in [7, 11) is 5.88. The minimum absolute atomic E-state index is 0.147. The highest BCUT2D eigenvalue weighted by molar-refractivity contribution is 6.06. The molecule has 2 atom stereocenters. The first-order valence-corrected chi connectivity index (χ1v) is 8.61. The first kappa shape index (κ1) is 16.7. The lowest BCUT2D eigenvalue weighted by molar-refractivity contribution is -0.110. The molecule has 26 heavy (non-hydrogen) atoms. The van der Waals surface area contributed by atoms with Crippen LogP contribution in [0, 0.1) is 6.92 Å². The average molecular weight is 343 g/mol. The van der Waals surface area contributed by atoms with Gasteiger partial charge in [0.15, 0.2) is 13.6 Å². The first-order chi connectivity index (χ1) is 12.6. The SMILES string of the molecule is [B]N1C[C@H](Oc2cc(-c3ccccc3)nc3nc(C)ccc23)C[C@H]1C=O. The molecule has 0 bridgehead atoms. The van der Waals surface area contributed by atoms with Gasteiger partial charge in [0.25, 0.3) is 0 Å². The Morgan fingerprint density at radius 3 is 2.73 bits per heavy atom. The van der Waals surface area contributed by atoms with Crippen molar-refractivity contribution < 1.29 is 9.53 Å². The normalized spacial score (nSPS) is 20.3. The smallest absolute Gasteiger partial charge is 0.183 e. The summed E-state index contributed by atoms with van der Waals surface area (Å²) in [5.74, 6) is 0.714. The third-order valence-electron chi connectivity index (χ3n) is 4.64. The molecule has 5 nitrogen and oxygen atoms in total. The second kappa shape index (κ2) is 6.88. The zero-order valence-electron chi connectivity index (χ0n) is 14.5. The van der Waals surface area contributed by atoms with E-state index in [2.05, 4.69) is 4.98 Å². The van der Waals surface area contributed by atoms with Crippen molar-refractivity contribution in [3.05, 3.63) is 54.2 Å². The van der Waals surface area contributed by atoms with E-state index in [1.54, 1.807) is 0 Å². The molecule has 0 saturated carbocycles. The number of aryl methyl sites for hydroxylation is 1. The molecule has 1 aromatic carbocycles. The minimum atomic E-state index is -0.304. The number of aromatic nitrogens is 2. The third-order valence-corrected chi connectivity index (χ3v) is 4.64. The fourth-order valence-electron chi connectivity index (χ4n) is 3.27. The highest BCUT2D eigenvalue weighted by Gasteiger charge is 2.30. The molecule has 3 heterocycles. The number of rotatable bonds is 4. The van der Waals surface area contributed by atoms with Gasteiger partial charge >= 0.3 is 0 Å². The highest BCUT2D eigenvalue weighted by Crippen LogP contribution is 2.31. The van der Waals surface area contributed by atoms with E-state index in [0.29, 0.717) is 24.4 Å². The molecule has 4 rings (SSSR count). The Hall–Kier alpha value is -2.73. The Morgan fingerprint density at radius 2 is 2.00 bits per heavy atom. The van der Waals surface area contributed by atoms with Gasteiger partial charge < -0.3 is 14.3 Å². The molecular formula is C20H18BN3O2. The summed E-state index contributed by atoms with van der Waals surface area (Å²) < 4.78 is 6.23. The molecule has 0 unspecified atom stereocenters. The number of aldehydes is 1. The van der Waals surface area contributed by atoms with Gasteiger partial charge in [-0.25, -0.2) is 9.97 Å². The lowest BCUT2D eigenvalue weighted by Crippen LogP contribution is -2.28. The number of pyridine rings is 2. The van der Waals surface area contributed by atoms with Crippen LogP contribution in [0.2, 0.25) is 0 Å². The molecule has 128 valence electrons. The van der Waals surface area contributed by atoms with Gasteiger partial charge in [0, 0.05) is 30.3 Å². The van der Waals surface area contributed by atoms with E-state index in [1.165, 1.54) is 4.81 Å². The summed E-state index contributed by atoms with van der Waals surface area (Å²) in [5, 5.41) is 0.855. The van der Waals surface area contributed by atoms with Crippen LogP contribution in [0.1, 0.15) is 12.1 Å². The maximum Gasteiger partial charge on any atom is 0.183 e. The van der Waals surface area contributed by atoms with Gasteiger partial charge in [-0.1, -0.05) is 30.3 Å². The van der Waals surface area contributed by atoms with Gasteiger partial charge in [-0.05, 0) is 19.1 Å². The lowest BCUT2D eigenvalue weighted by Gasteiger charge is -2.16. The Labute approximate surface area is 153 Å². The van der Waals surface area contributed by atoms with Crippen molar-refractivity contribution in [1.82, 2.24) is 14.8 Å². The zero-order chi connectivity index (χ0) is 18.1. The van der Waals surface area contributed by atoms with Crippen molar-refractivity contribution in [3.8, 4) is 17.0 Å². The monoisotopic (exact) mass is 343 g/mol. The van der Waals surface area contributed by atoms with E-state index in [-0.39, 0.29) is 12.1 Å². The van der Waals surface area contributed by atoms with E-state index < -0.39 is 0 Å². The van der Waals surface area contributed by atoms with E-state index in [0.717, 1.165) is 28.6 Å². The van der Waals surface area contributed by atoms with Crippen molar-refractivity contribution >= 4 is 25.3 Å². The van der Waals surface area contributed by atoms with Crippen LogP contribution in [0.5, 0.6) is 5.75 Å². The van der Waals surface area contributed by atoms with Gasteiger partial charge in [0.05, 0.1) is 17.1 Å². The maximum atomic E-state index is 11.1. The largest absolute Gasteiger partial charge is 0.488 e. The number of benzene rings is 1. The van der Waals surface area contributed by atoms with Crippen LogP contribution in [0.4, 0.5) is 0 Å². The predicted octanol–water partition coefficient (Wildman–Crippen LogP) is 2.71. The molecule has 2 aromatic heterocycles. The van der Waals surface area contributed by atoms with E-state index in [4.69, 9.17) is 17.7 Å². The molecule has 0 amide bonds. The minimum Gasteiger partial charge on any atom is -0.488 e. The van der Waals surface area contributed by atoms with E-state index in [1.807, 2.05) is 55.5 Å². The summed E-state index contributed by atoms with van der Waals surface area (Å²) in [6.45, 7) is 2.45. The van der Waals surface area contributed by atoms with Crippen LogP contribution in [-0.2, 0) is 4.79 Å². The number of fused-ring (bicyclic) bond motifs is 1. The molecule has 1 aliphatic rings. The second-order valence-corrected chi connectivity index (χ2v) is 6.57. The molecule has 3 aromatic rings. The number of hydrogen-bond acceptors (Lipinski definition) is 5. The van der Waals surface area contributed by atoms with Gasteiger partial charge in [-0.3, -0.25) is 0 Å². The van der Waals surface area contributed by atoms with Crippen molar-refractivity contribution in [1.29, 1.82) is 0 Å². The average Bonchev–Trinajstić information content (AvgIpc) is 3.01. The Bertz CT molecular complexity index is 948. The molecule has 1 saturated heterocycles. The van der Waals surface area contributed by atoms with Crippen LogP contribution in [0.15, 0.2) is 48.5 Å². The first-order valence-electron chi connectivity index (χ1n) is 8.61. The number of carbonyl (C=O) groups is 1. The summed E-state index contributed by atoms with van der Waals surface area (Å²) >= 11 is 0. The van der Waals surface area contributed by atoms with Crippen LogP contribution in [0.3, 0.4) is 0 Å². The van der Waals surface area contributed by atoms with Crippen LogP contribution in [0.25, 0.3) is 22.3 Å². The molecule has 0 spiro atoms. The number of nitrogens with zero attached hydrogens (tertiary/aromatic N) is 3. The van der Waals surface area contributed by atoms with Gasteiger partial charge in [-0.15, -0.1) is 0 Å². The number of ether oxygens (including phenoxy) is 1. The van der Waals surface area contributed by atoms with Gasteiger partial charge in [0.2, 0.25) is 0 Å². The van der Waals surface area contributed by atoms with Crippen molar-refractivity contribution in [2.24, 2.45) is 0 Å². The molecular weight excluding hydrogens is 325 g/mol. The summed E-state index contributed by atoms with van der Waals surface area (Å²) in [6, 6.07) is 15.5. The Kier molecular flexibility index (Phi) is 4.43. The van der Waals surface area contributed by atoms with E-state index >= 15 is 0 Å². The predicted molar refractivity (Wildman–Crippen MR) is 101 cm³/mol. The Balaban J connectivity index is 1.76. The summed E-state index contributed by atoms with van der Waals surface area (Å²) in [4.78, 5) is 21.9. The molecule has 0 aliphatic carbocycles. The molecule has 1 fully saturated rings.